The highest BCUT2D eigenvalue weighted by Crippen LogP contribution is 2.12. The van der Waals surface area contributed by atoms with E-state index in [1.807, 2.05) is 6.07 Å². The van der Waals surface area contributed by atoms with Crippen molar-refractivity contribution in [3.05, 3.63) is 35.9 Å². The first-order valence-electron chi connectivity index (χ1n) is 14.3. The Labute approximate surface area is 253 Å². The summed E-state index contributed by atoms with van der Waals surface area (Å²) >= 11 is 0. The molecule has 0 radical (unpaired) electrons. The molecule has 1 aromatic rings. The van der Waals surface area contributed by atoms with E-state index in [1.165, 1.54) is 0 Å². The largest absolute Gasteiger partial charge is 0.465 e. The first-order valence-corrected chi connectivity index (χ1v) is 14.3. The highest BCUT2D eigenvalue weighted by atomic mass is 16.6. The molecule has 0 aliphatic heterocycles. The summed E-state index contributed by atoms with van der Waals surface area (Å²) in [5, 5.41) is 10.0. The number of ether oxygens (including phenoxy) is 3. The molecule has 0 saturated carbocycles. The molecule has 4 amide bonds. The molecular formula is C30H46N4O9. The summed E-state index contributed by atoms with van der Waals surface area (Å²) in [5.74, 6) is -4.29. The van der Waals surface area contributed by atoms with Crippen LogP contribution in [0.5, 0.6) is 0 Å². The molecule has 0 bridgehead atoms. The second kappa shape index (κ2) is 17.7. The van der Waals surface area contributed by atoms with E-state index < -0.39 is 71.8 Å². The molecule has 13 nitrogen and oxygen atoms in total. The van der Waals surface area contributed by atoms with E-state index in [0.717, 1.165) is 0 Å². The molecule has 240 valence electrons. The standard InChI is InChI=1S/C30H46N4O9/c1-9-41-23(36)16-31-27(38)24(18(2)3)34-28(39)25(19(4)5)33-26(37)21(15-22(35)43-30(6,7)8)32-29(40)42-17-20-13-11-10-12-14-20/h10-14,18-19,21,24-25H,9,15-17H2,1-8H3,(H,31,38)(H,32,40)(H,33,37)(H,34,39)/t21-,24-,25-/m0/s1. The van der Waals surface area contributed by atoms with Crippen LogP contribution in [-0.2, 0) is 44.8 Å². The molecule has 0 heterocycles. The van der Waals surface area contributed by atoms with Crippen molar-refractivity contribution in [2.45, 2.75) is 92.1 Å². The van der Waals surface area contributed by atoms with E-state index in [4.69, 9.17) is 14.2 Å². The maximum absolute atomic E-state index is 13.4. The second-order valence-corrected chi connectivity index (χ2v) is 11.5. The molecule has 0 aliphatic rings. The third kappa shape index (κ3) is 14.5. The number of nitrogens with one attached hydrogen (secondary N) is 4. The van der Waals surface area contributed by atoms with Gasteiger partial charge in [-0.3, -0.25) is 24.0 Å². The van der Waals surface area contributed by atoms with Crippen LogP contribution < -0.4 is 21.3 Å². The number of alkyl carbamates (subject to hydrolysis) is 1. The number of esters is 2. The molecule has 4 N–H and O–H groups in total. The van der Waals surface area contributed by atoms with E-state index in [9.17, 15) is 28.8 Å². The molecule has 0 spiro atoms. The van der Waals surface area contributed by atoms with Crippen molar-refractivity contribution in [2.75, 3.05) is 13.2 Å². The summed E-state index contributed by atoms with van der Waals surface area (Å²) in [6.45, 7) is 13.1. The van der Waals surface area contributed by atoms with Gasteiger partial charge in [0.2, 0.25) is 17.7 Å². The van der Waals surface area contributed by atoms with E-state index in [0.29, 0.717) is 5.56 Å². The van der Waals surface area contributed by atoms with Crippen LogP contribution in [0.3, 0.4) is 0 Å². The summed E-state index contributed by atoms with van der Waals surface area (Å²) in [4.78, 5) is 76.2. The van der Waals surface area contributed by atoms with Gasteiger partial charge in [-0.2, -0.15) is 0 Å². The summed E-state index contributed by atoms with van der Waals surface area (Å²) in [5.41, 5.74) is -0.125. The SMILES string of the molecule is CCOC(=O)CNC(=O)[C@@H](NC(=O)[C@@H](NC(=O)[C@H](CC(=O)OC(C)(C)C)NC(=O)OCc1ccccc1)C(C)C)C(C)C. The van der Waals surface area contributed by atoms with E-state index >= 15 is 0 Å². The first-order chi connectivity index (χ1) is 20.0. The lowest BCUT2D eigenvalue weighted by Crippen LogP contribution is -2.59. The van der Waals surface area contributed by atoms with Crippen LogP contribution in [0.4, 0.5) is 4.79 Å². The van der Waals surface area contributed by atoms with Crippen molar-refractivity contribution in [3.63, 3.8) is 0 Å². The number of rotatable bonds is 15. The average Bonchev–Trinajstić information content (AvgIpc) is 2.90. The molecule has 43 heavy (non-hydrogen) atoms. The van der Waals surface area contributed by atoms with Gasteiger partial charge >= 0.3 is 18.0 Å². The molecule has 1 rings (SSSR count). The Bertz CT molecular complexity index is 1100. The van der Waals surface area contributed by atoms with Gasteiger partial charge in [-0.15, -0.1) is 0 Å². The van der Waals surface area contributed by atoms with E-state index in [-0.39, 0.29) is 25.7 Å². The van der Waals surface area contributed by atoms with Crippen LogP contribution in [-0.4, -0.2) is 72.6 Å². The third-order valence-corrected chi connectivity index (χ3v) is 5.82. The zero-order chi connectivity index (χ0) is 32.7. The predicted octanol–water partition coefficient (Wildman–Crippen LogP) is 1.97. The molecule has 1 aromatic carbocycles. The predicted molar refractivity (Wildman–Crippen MR) is 157 cm³/mol. The molecule has 13 heteroatoms. The lowest BCUT2D eigenvalue weighted by atomic mass is 9.99. The Kier molecular flexibility index (Phi) is 15.2. The average molecular weight is 607 g/mol. The van der Waals surface area contributed by atoms with Gasteiger partial charge < -0.3 is 35.5 Å². The summed E-state index contributed by atoms with van der Waals surface area (Å²) in [7, 11) is 0. The quantitative estimate of drug-likeness (QED) is 0.172. The normalized spacial score (nSPS) is 13.3. The number of hydrogen-bond donors (Lipinski definition) is 4. The van der Waals surface area contributed by atoms with E-state index in [2.05, 4.69) is 21.3 Å². The van der Waals surface area contributed by atoms with E-state index in [1.54, 1.807) is 79.7 Å². The van der Waals surface area contributed by atoms with Crippen LogP contribution >= 0.6 is 0 Å². The Morgan fingerprint density at radius 3 is 1.84 bits per heavy atom. The van der Waals surface area contributed by atoms with Gasteiger partial charge in [-0.25, -0.2) is 4.79 Å². The summed E-state index contributed by atoms with van der Waals surface area (Å²) in [6, 6.07) is 5.28. The second-order valence-electron chi connectivity index (χ2n) is 11.5. The van der Waals surface area contributed by atoms with Crippen LogP contribution in [0.1, 0.15) is 67.4 Å². The number of carbonyl (C=O) groups is 6. The van der Waals surface area contributed by atoms with Crippen molar-refractivity contribution in [2.24, 2.45) is 11.8 Å². The minimum absolute atomic E-state index is 0.0701. The monoisotopic (exact) mass is 606 g/mol. The number of amides is 4. The number of hydrogen-bond acceptors (Lipinski definition) is 9. The van der Waals surface area contributed by atoms with Crippen molar-refractivity contribution in [3.8, 4) is 0 Å². The fourth-order valence-electron chi connectivity index (χ4n) is 3.71. The van der Waals surface area contributed by atoms with Gasteiger partial charge in [0.1, 0.15) is 36.9 Å². The fraction of sp³-hybridized carbons (Fsp3) is 0.600. The Morgan fingerprint density at radius 2 is 1.30 bits per heavy atom. The highest BCUT2D eigenvalue weighted by molar-refractivity contribution is 5.95. The zero-order valence-corrected chi connectivity index (χ0v) is 26.3. The Hall–Kier alpha value is -4.16. The molecule has 0 aromatic heterocycles. The maximum Gasteiger partial charge on any atom is 0.408 e. The summed E-state index contributed by atoms with van der Waals surface area (Å²) < 4.78 is 15.3. The number of benzene rings is 1. The smallest absolute Gasteiger partial charge is 0.408 e. The highest BCUT2D eigenvalue weighted by Gasteiger charge is 2.34. The minimum atomic E-state index is -1.43. The van der Waals surface area contributed by atoms with Crippen LogP contribution in [0, 0.1) is 11.8 Å². The van der Waals surface area contributed by atoms with Crippen molar-refractivity contribution < 1.29 is 43.0 Å². The van der Waals surface area contributed by atoms with Gasteiger partial charge in [0.15, 0.2) is 0 Å². The van der Waals surface area contributed by atoms with Crippen LogP contribution in [0.25, 0.3) is 0 Å². The summed E-state index contributed by atoms with van der Waals surface area (Å²) in [6.07, 6.45) is -1.47. The Balaban J connectivity index is 3.03. The molecular weight excluding hydrogens is 560 g/mol. The van der Waals surface area contributed by atoms with Gasteiger partial charge in [0.25, 0.3) is 0 Å². The lowest BCUT2D eigenvalue weighted by Gasteiger charge is -2.28. The molecule has 3 atom stereocenters. The molecule has 0 aliphatic carbocycles. The zero-order valence-electron chi connectivity index (χ0n) is 26.3. The minimum Gasteiger partial charge on any atom is -0.465 e. The molecule has 0 saturated heterocycles. The molecule has 0 unspecified atom stereocenters. The van der Waals surface area contributed by atoms with Gasteiger partial charge in [0.05, 0.1) is 13.0 Å². The fourth-order valence-corrected chi connectivity index (χ4v) is 3.71. The maximum atomic E-state index is 13.4. The van der Waals surface area contributed by atoms with Crippen LogP contribution in [0.2, 0.25) is 0 Å². The lowest BCUT2D eigenvalue weighted by molar-refractivity contribution is -0.156. The number of carbonyl (C=O) groups excluding carboxylic acids is 6. The molecule has 0 fully saturated rings. The van der Waals surface area contributed by atoms with Gasteiger partial charge in [0, 0.05) is 0 Å². The topological polar surface area (TPSA) is 178 Å². The Morgan fingerprint density at radius 1 is 0.744 bits per heavy atom. The van der Waals surface area contributed by atoms with Gasteiger partial charge in [-0.1, -0.05) is 58.0 Å². The van der Waals surface area contributed by atoms with Crippen molar-refractivity contribution >= 4 is 35.8 Å². The van der Waals surface area contributed by atoms with Crippen molar-refractivity contribution in [1.29, 1.82) is 0 Å². The van der Waals surface area contributed by atoms with Gasteiger partial charge in [-0.05, 0) is 45.1 Å². The first kappa shape index (κ1) is 36.9. The van der Waals surface area contributed by atoms with Crippen molar-refractivity contribution in [1.82, 2.24) is 21.3 Å². The van der Waals surface area contributed by atoms with Crippen LogP contribution in [0.15, 0.2) is 30.3 Å². The third-order valence-electron chi connectivity index (χ3n) is 5.82.